The van der Waals surface area contributed by atoms with Crippen LogP contribution in [0.5, 0.6) is 0 Å². The molecule has 2 aromatic carbocycles. The molecule has 2 nitrogen and oxygen atoms in total. The van der Waals surface area contributed by atoms with Gasteiger partial charge in [0, 0.05) is 0 Å². The first-order valence-corrected chi connectivity index (χ1v) is 7.43. The lowest BCUT2D eigenvalue weighted by atomic mass is 9.97. The van der Waals surface area contributed by atoms with Gasteiger partial charge in [0.05, 0.1) is 10.8 Å². The van der Waals surface area contributed by atoms with Crippen LogP contribution in [0.15, 0.2) is 39.5 Å². The van der Waals surface area contributed by atoms with Gasteiger partial charge in [-0.15, -0.1) is 0 Å². The van der Waals surface area contributed by atoms with Crippen molar-refractivity contribution in [3.63, 3.8) is 0 Å². The Morgan fingerprint density at radius 2 is 1.71 bits per heavy atom. The molecule has 1 heterocycles. The Morgan fingerprint density at radius 1 is 1.00 bits per heavy atom. The summed E-state index contributed by atoms with van der Waals surface area (Å²) in [6.45, 7) is 8.33. The van der Waals surface area contributed by atoms with Crippen LogP contribution < -0.4 is 5.43 Å². The maximum Gasteiger partial charge on any atom is 0.201 e. The molecule has 2 heteroatoms. The molecule has 0 aliphatic heterocycles. The summed E-state index contributed by atoms with van der Waals surface area (Å²) in [5.74, 6) is 0.580. The third-order valence-electron chi connectivity index (χ3n) is 3.91. The van der Waals surface area contributed by atoms with Gasteiger partial charge in [0.15, 0.2) is 0 Å². The molecule has 0 amide bonds. The van der Waals surface area contributed by atoms with Crippen LogP contribution in [0, 0.1) is 19.8 Å². The fourth-order valence-electron chi connectivity index (χ4n) is 3.05. The van der Waals surface area contributed by atoms with Gasteiger partial charge in [-0.05, 0) is 55.0 Å². The molecule has 1 aromatic heterocycles. The Kier molecular flexibility index (Phi) is 3.32. The predicted molar refractivity (Wildman–Crippen MR) is 88.0 cm³/mol. The number of aryl methyl sites for hydroxylation is 2. The van der Waals surface area contributed by atoms with E-state index in [9.17, 15) is 4.79 Å². The van der Waals surface area contributed by atoms with E-state index in [1.807, 2.05) is 38.1 Å². The molecule has 3 aromatic rings. The van der Waals surface area contributed by atoms with Gasteiger partial charge in [0.25, 0.3) is 0 Å². The Morgan fingerprint density at radius 3 is 2.43 bits per heavy atom. The molecule has 0 saturated heterocycles. The standard InChI is InChI=1S/C19H20O2/c1-11(2)8-14-9-13(4)18-16(10-14)21-15-7-5-6-12(3)17(15)19(18)20/h5-7,9-11H,8H2,1-4H3. The van der Waals surface area contributed by atoms with Crippen LogP contribution in [0.1, 0.15) is 30.5 Å². The minimum atomic E-state index is 0.0814. The van der Waals surface area contributed by atoms with E-state index >= 15 is 0 Å². The summed E-state index contributed by atoms with van der Waals surface area (Å²) in [5, 5.41) is 1.41. The maximum absolute atomic E-state index is 12.8. The largest absolute Gasteiger partial charge is 0.456 e. The van der Waals surface area contributed by atoms with Crippen molar-refractivity contribution in [1.82, 2.24) is 0 Å². The van der Waals surface area contributed by atoms with Crippen molar-refractivity contribution in [3.05, 3.63) is 57.2 Å². The summed E-state index contributed by atoms with van der Waals surface area (Å²) < 4.78 is 6.01. The maximum atomic E-state index is 12.8. The van der Waals surface area contributed by atoms with E-state index in [1.165, 1.54) is 5.56 Å². The predicted octanol–water partition coefficient (Wildman–Crippen LogP) is 4.76. The zero-order chi connectivity index (χ0) is 15.1. The van der Waals surface area contributed by atoms with Crippen LogP contribution >= 0.6 is 0 Å². The summed E-state index contributed by atoms with van der Waals surface area (Å²) in [5.41, 5.74) is 4.65. The van der Waals surface area contributed by atoms with Crippen molar-refractivity contribution < 1.29 is 4.42 Å². The van der Waals surface area contributed by atoms with Gasteiger partial charge < -0.3 is 4.42 Å². The summed E-state index contributed by atoms with van der Waals surface area (Å²) in [4.78, 5) is 12.8. The zero-order valence-electron chi connectivity index (χ0n) is 13.0. The van der Waals surface area contributed by atoms with E-state index in [2.05, 4.69) is 19.9 Å². The zero-order valence-corrected chi connectivity index (χ0v) is 13.0. The highest BCUT2D eigenvalue weighted by molar-refractivity contribution is 5.93. The molecule has 108 valence electrons. The monoisotopic (exact) mass is 280 g/mol. The quantitative estimate of drug-likeness (QED) is 0.633. The third kappa shape index (κ3) is 2.35. The lowest BCUT2D eigenvalue weighted by Gasteiger charge is -2.10. The average molecular weight is 280 g/mol. The van der Waals surface area contributed by atoms with Crippen molar-refractivity contribution in [2.75, 3.05) is 0 Å². The Hall–Kier alpha value is -2.09. The lowest BCUT2D eigenvalue weighted by Crippen LogP contribution is -2.06. The highest BCUT2D eigenvalue weighted by Gasteiger charge is 2.13. The van der Waals surface area contributed by atoms with Crippen LogP contribution in [0.25, 0.3) is 21.9 Å². The summed E-state index contributed by atoms with van der Waals surface area (Å²) in [6.07, 6.45) is 0.992. The molecular weight excluding hydrogens is 260 g/mol. The minimum absolute atomic E-state index is 0.0814. The molecule has 0 unspecified atom stereocenters. The molecule has 0 saturated carbocycles. The topological polar surface area (TPSA) is 30.2 Å². The summed E-state index contributed by atoms with van der Waals surface area (Å²) >= 11 is 0. The normalized spacial score (nSPS) is 11.7. The van der Waals surface area contributed by atoms with Gasteiger partial charge in [-0.1, -0.05) is 32.0 Å². The lowest BCUT2D eigenvalue weighted by molar-refractivity contribution is 0.639. The second-order valence-corrected chi connectivity index (χ2v) is 6.26. The van der Waals surface area contributed by atoms with Crippen molar-refractivity contribution in [2.24, 2.45) is 5.92 Å². The molecule has 0 bridgehead atoms. The van der Waals surface area contributed by atoms with Gasteiger partial charge in [-0.3, -0.25) is 4.79 Å². The van der Waals surface area contributed by atoms with E-state index in [1.54, 1.807) is 0 Å². The summed E-state index contributed by atoms with van der Waals surface area (Å²) in [6, 6.07) is 9.88. The Balaban J connectivity index is 2.40. The number of rotatable bonds is 2. The van der Waals surface area contributed by atoms with Gasteiger partial charge in [0.1, 0.15) is 11.2 Å². The van der Waals surface area contributed by atoms with Crippen molar-refractivity contribution in [3.8, 4) is 0 Å². The second kappa shape index (κ2) is 5.03. The SMILES string of the molecule is Cc1cccc2oc3cc(CC(C)C)cc(C)c3c(=O)c12. The molecule has 0 fully saturated rings. The summed E-state index contributed by atoms with van der Waals surface area (Å²) in [7, 11) is 0. The molecule has 21 heavy (non-hydrogen) atoms. The van der Waals surface area contributed by atoms with Gasteiger partial charge in [-0.2, -0.15) is 0 Å². The average Bonchev–Trinajstić information content (AvgIpc) is 2.36. The first kappa shape index (κ1) is 13.9. The van der Waals surface area contributed by atoms with Crippen molar-refractivity contribution in [2.45, 2.75) is 34.1 Å². The first-order chi connectivity index (χ1) is 9.97. The second-order valence-electron chi connectivity index (χ2n) is 6.26. The number of hydrogen-bond donors (Lipinski definition) is 0. The molecule has 3 rings (SSSR count). The highest BCUT2D eigenvalue weighted by atomic mass is 16.3. The van der Waals surface area contributed by atoms with E-state index in [-0.39, 0.29) is 5.43 Å². The Labute approximate surface area is 124 Å². The fraction of sp³-hybridized carbons (Fsp3) is 0.316. The number of fused-ring (bicyclic) bond motifs is 2. The van der Waals surface area contributed by atoms with Crippen LogP contribution in [-0.4, -0.2) is 0 Å². The molecule has 0 atom stereocenters. The molecule has 0 spiro atoms. The molecule has 0 radical (unpaired) electrons. The minimum Gasteiger partial charge on any atom is -0.456 e. The molecule has 0 aliphatic carbocycles. The van der Waals surface area contributed by atoms with E-state index < -0.39 is 0 Å². The van der Waals surface area contributed by atoms with Crippen LogP contribution in [-0.2, 0) is 6.42 Å². The molecular formula is C19H20O2. The number of hydrogen-bond acceptors (Lipinski definition) is 2. The van der Waals surface area contributed by atoms with Crippen LogP contribution in [0.2, 0.25) is 0 Å². The van der Waals surface area contributed by atoms with E-state index in [4.69, 9.17) is 4.42 Å². The van der Waals surface area contributed by atoms with Gasteiger partial charge in [0.2, 0.25) is 5.43 Å². The Bertz CT molecular complexity index is 885. The highest BCUT2D eigenvalue weighted by Crippen LogP contribution is 2.25. The third-order valence-corrected chi connectivity index (χ3v) is 3.91. The van der Waals surface area contributed by atoms with Gasteiger partial charge >= 0.3 is 0 Å². The molecule has 0 aliphatic rings. The van der Waals surface area contributed by atoms with Crippen LogP contribution in [0.4, 0.5) is 0 Å². The van der Waals surface area contributed by atoms with Crippen molar-refractivity contribution in [1.29, 1.82) is 0 Å². The van der Waals surface area contributed by atoms with Gasteiger partial charge in [-0.25, -0.2) is 0 Å². The van der Waals surface area contributed by atoms with E-state index in [0.717, 1.165) is 17.5 Å². The smallest absolute Gasteiger partial charge is 0.201 e. The van der Waals surface area contributed by atoms with Crippen LogP contribution in [0.3, 0.4) is 0 Å². The fourth-order valence-corrected chi connectivity index (χ4v) is 3.05. The van der Waals surface area contributed by atoms with Crippen molar-refractivity contribution >= 4 is 21.9 Å². The van der Waals surface area contributed by atoms with E-state index in [0.29, 0.717) is 27.9 Å². The number of benzene rings is 2. The first-order valence-electron chi connectivity index (χ1n) is 7.43. The molecule has 0 N–H and O–H groups in total.